The summed E-state index contributed by atoms with van der Waals surface area (Å²) in [5, 5.41) is 6.19. The smallest absolute Gasteiger partial charge is 0.321 e. The Hall–Kier alpha value is -2.04. The van der Waals surface area contributed by atoms with Crippen molar-refractivity contribution >= 4 is 17.6 Å². The molecule has 3 fully saturated rings. The number of carbonyl (C=O) groups excluding carboxylic acids is 2. The van der Waals surface area contributed by atoms with E-state index < -0.39 is 0 Å². The van der Waals surface area contributed by atoms with Crippen LogP contribution in [0.2, 0.25) is 0 Å². The second-order valence-electron chi connectivity index (χ2n) is 8.32. The minimum Gasteiger partial charge on any atom is -0.355 e. The lowest BCUT2D eigenvalue weighted by atomic mass is 9.67. The standard InChI is InChI=1S/C21H29N3O2/c25-19(16-9-10-16)22-13-17-14-24(15-21(17)11-5-2-6-12-21)20(26)23-18-7-3-1-4-8-18/h1,3-4,7-8,16-17H,2,5-6,9-15H2,(H,22,25)(H,23,26). The van der Waals surface area contributed by atoms with Crippen molar-refractivity contribution in [1.29, 1.82) is 0 Å². The normalized spacial score (nSPS) is 24.5. The fourth-order valence-corrected chi connectivity index (χ4v) is 4.73. The van der Waals surface area contributed by atoms with Gasteiger partial charge in [0.2, 0.25) is 5.91 Å². The summed E-state index contributed by atoms with van der Waals surface area (Å²) in [5.41, 5.74) is 1.02. The lowest BCUT2D eigenvalue weighted by Gasteiger charge is -2.38. The minimum absolute atomic E-state index is 0.0165. The van der Waals surface area contributed by atoms with Crippen molar-refractivity contribution in [2.45, 2.75) is 44.9 Å². The molecule has 26 heavy (non-hydrogen) atoms. The third kappa shape index (κ3) is 3.71. The molecule has 0 bridgehead atoms. The molecular weight excluding hydrogens is 326 g/mol. The van der Waals surface area contributed by atoms with Gasteiger partial charge in [0.1, 0.15) is 0 Å². The molecule has 1 unspecified atom stereocenters. The number of hydrogen-bond acceptors (Lipinski definition) is 2. The van der Waals surface area contributed by atoms with Crippen LogP contribution in [0, 0.1) is 17.3 Å². The summed E-state index contributed by atoms with van der Waals surface area (Å²) in [6.07, 6.45) is 8.18. The molecule has 1 aliphatic heterocycles. The van der Waals surface area contributed by atoms with Crippen molar-refractivity contribution in [3.63, 3.8) is 0 Å². The van der Waals surface area contributed by atoms with Crippen molar-refractivity contribution in [2.75, 3.05) is 25.0 Å². The highest BCUT2D eigenvalue weighted by Gasteiger charge is 2.48. The predicted octanol–water partition coefficient (Wildman–Crippen LogP) is 3.63. The first-order valence-electron chi connectivity index (χ1n) is 10.0. The van der Waals surface area contributed by atoms with E-state index in [0.717, 1.165) is 31.6 Å². The zero-order chi connectivity index (χ0) is 18.0. The summed E-state index contributed by atoms with van der Waals surface area (Å²) in [5.74, 6) is 0.825. The minimum atomic E-state index is -0.0165. The van der Waals surface area contributed by atoms with E-state index in [2.05, 4.69) is 10.6 Å². The molecule has 5 nitrogen and oxygen atoms in total. The third-order valence-corrected chi connectivity index (χ3v) is 6.44. The largest absolute Gasteiger partial charge is 0.355 e. The Balaban J connectivity index is 1.42. The van der Waals surface area contributed by atoms with E-state index in [1.165, 1.54) is 32.1 Å². The number of nitrogens with one attached hydrogen (secondary N) is 2. The van der Waals surface area contributed by atoms with Gasteiger partial charge in [-0.3, -0.25) is 4.79 Å². The lowest BCUT2D eigenvalue weighted by molar-refractivity contribution is -0.122. The van der Waals surface area contributed by atoms with Gasteiger partial charge in [-0.25, -0.2) is 4.79 Å². The third-order valence-electron chi connectivity index (χ3n) is 6.44. The summed E-state index contributed by atoms with van der Waals surface area (Å²) >= 11 is 0. The Morgan fingerprint density at radius 1 is 1.08 bits per heavy atom. The van der Waals surface area contributed by atoms with Gasteiger partial charge in [0, 0.05) is 37.2 Å². The van der Waals surface area contributed by atoms with Crippen LogP contribution in [0.15, 0.2) is 30.3 Å². The second kappa shape index (κ2) is 7.29. The molecule has 4 rings (SSSR count). The van der Waals surface area contributed by atoms with E-state index in [-0.39, 0.29) is 23.3 Å². The zero-order valence-corrected chi connectivity index (χ0v) is 15.4. The van der Waals surface area contributed by atoms with Crippen LogP contribution in [0.3, 0.4) is 0 Å². The molecule has 3 aliphatic rings. The van der Waals surface area contributed by atoms with E-state index in [1.807, 2.05) is 35.2 Å². The van der Waals surface area contributed by atoms with Gasteiger partial charge in [0.15, 0.2) is 0 Å². The van der Waals surface area contributed by atoms with Crippen LogP contribution in [0.5, 0.6) is 0 Å². The Bertz CT molecular complexity index is 650. The van der Waals surface area contributed by atoms with Gasteiger partial charge < -0.3 is 15.5 Å². The molecule has 0 aromatic heterocycles. The van der Waals surface area contributed by atoms with E-state index in [9.17, 15) is 9.59 Å². The highest BCUT2D eigenvalue weighted by molar-refractivity contribution is 5.89. The van der Waals surface area contributed by atoms with Crippen LogP contribution in [0.1, 0.15) is 44.9 Å². The van der Waals surface area contributed by atoms with Gasteiger partial charge in [-0.1, -0.05) is 37.5 Å². The fourth-order valence-electron chi connectivity index (χ4n) is 4.73. The van der Waals surface area contributed by atoms with Gasteiger partial charge in [-0.05, 0) is 43.2 Å². The highest BCUT2D eigenvalue weighted by atomic mass is 16.2. The van der Waals surface area contributed by atoms with Crippen molar-refractivity contribution in [3.8, 4) is 0 Å². The van der Waals surface area contributed by atoms with Gasteiger partial charge in [0.25, 0.3) is 0 Å². The summed E-state index contributed by atoms with van der Waals surface area (Å²) in [6, 6.07) is 9.62. The molecule has 0 radical (unpaired) electrons. The summed E-state index contributed by atoms with van der Waals surface area (Å²) in [7, 11) is 0. The maximum atomic E-state index is 12.8. The number of anilines is 1. The predicted molar refractivity (Wildman–Crippen MR) is 102 cm³/mol. The zero-order valence-electron chi connectivity index (χ0n) is 15.4. The van der Waals surface area contributed by atoms with Crippen LogP contribution < -0.4 is 10.6 Å². The molecule has 2 N–H and O–H groups in total. The molecule has 1 aromatic carbocycles. The van der Waals surface area contributed by atoms with Gasteiger partial charge in [0.05, 0.1) is 0 Å². The van der Waals surface area contributed by atoms with E-state index in [1.54, 1.807) is 0 Å². The number of benzene rings is 1. The molecule has 1 aromatic rings. The summed E-state index contributed by atoms with van der Waals surface area (Å²) < 4.78 is 0. The molecule has 1 atom stereocenters. The second-order valence-corrected chi connectivity index (χ2v) is 8.32. The number of likely N-dealkylation sites (tertiary alicyclic amines) is 1. The number of para-hydroxylation sites is 1. The van der Waals surface area contributed by atoms with Crippen molar-refractivity contribution < 1.29 is 9.59 Å². The van der Waals surface area contributed by atoms with Crippen molar-refractivity contribution in [1.82, 2.24) is 10.2 Å². The molecule has 1 spiro atoms. The van der Waals surface area contributed by atoms with E-state index in [0.29, 0.717) is 12.5 Å². The number of amides is 3. The SMILES string of the molecule is O=C(NCC1CN(C(=O)Nc2ccccc2)CC12CCCCC2)C1CC1. The van der Waals surface area contributed by atoms with Crippen molar-refractivity contribution in [3.05, 3.63) is 30.3 Å². The molecular formula is C21H29N3O2. The van der Waals surface area contributed by atoms with Gasteiger partial charge >= 0.3 is 6.03 Å². The average molecular weight is 355 g/mol. The van der Waals surface area contributed by atoms with Gasteiger partial charge in [-0.15, -0.1) is 0 Å². The molecule has 1 saturated heterocycles. The molecule has 1 heterocycles. The average Bonchev–Trinajstić information content (AvgIpc) is 3.45. The maximum absolute atomic E-state index is 12.8. The Morgan fingerprint density at radius 3 is 2.50 bits per heavy atom. The van der Waals surface area contributed by atoms with Crippen LogP contribution in [-0.2, 0) is 4.79 Å². The lowest BCUT2D eigenvalue weighted by Crippen LogP contribution is -2.40. The Kier molecular flexibility index (Phi) is 4.88. The molecule has 2 aliphatic carbocycles. The first kappa shape index (κ1) is 17.4. The maximum Gasteiger partial charge on any atom is 0.321 e. The van der Waals surface area contributed by atoms with Crippen molar-refractivity contribution in [2.24, 2.45) is 17.3 Å². The van der Waals surface area contributed by atoms with Gasteiger partial charge in [-0.2, -0.15) is 0 Å². The van der Waals surface area contributed by atoms with Crippen LogP contribution in [0.25, 0.3) is 0 Å². The number of nitrogens with zero attached hydrogens (tertiary/aromatic N) is 1. The summed E-state index contributed by atoms with van der Waals surface area (Å²) in [6.45, 7) is 2.27. The first-order chi connectivity index (χ1) is 12.7. The molecule has 2 saturated carbocycles. The van der Waals surface area contributed by atoms with Crippen LogP contribution >= 0.6 is 0 Å². The molecule has 5 heteroatoms. The summed E-state index contributed by atoms with van der Waals surface area (Å²) in [4.78, 5) is 26.8. The van der Waals surface area contributed by atoms with E-state index >= 15 is 0 Å². The quantitative estimate of drug-likeness (QED) is 0.866. The number of carbonyl (C=O) groups is 2. The topological polar surface area (TPSA) is 61.4 Å². The number of rotatable bonds is 4. The number of hydrogen-bond donors (Lipinski definition) is 2. The fraction of sp³-hybridized carbons (Fsp3) is 0.619. The first-order valence-corrected chi connectivity index (χ1v) is 10.0. The Labute approximate surface area is 155 Å². The van der Waals surface area contributed by atoms with E-state index in [4.69, 9.17) is 0 Å². The number of urea groups is 1. The van der Waals surface area contributed by atoms with Crippen LogP contribution in [0.4, 0.5) is 10.5 Å². The molecule has 140 valence electrons. The highest BCUT2D eigenvalue weighted by Crippen LogP contribution is 2.47. The molecule has 3 amide bonds. The Morgan fingerprint density at radius 2 is 1.81 bits per heavy atom. The monoisotopic (exact) mass is 355 g/mol. The van der Waals surface area contributed by atoms with Crippen LogP contribution in [-0.4, -0.2) is 36.5 Å².